The van der Waals surface area contributed by atoms with Crippen molar-refractivity contribution >= 4 is 27.3 Å². The summed E-state index contributed by atoms with van der Waals surface area (Å²) in [5, 5.41) is 8.99. The summed E-state index contributed by atoms with van der Waals surface area (Å²) in [6, 6.07) is 3.07. The van der Waals surface area contributed by atoms with Gasteiger partial charge in [0.15, 0.2) is 0 Å². The van der Waals surface area contributed by atoms with Crippen molar-refractivity contribution in [2.45, 2.75) is 18.5 Å². The summed E-state index contributed by atoms with van der Waals surface area (Å²) in [6.45, 7) is 2.63. The van der Waals surface area contributed by atoms with Gasteiger partial charge in [0.25, 0.3) is 0 Å². The number of thiophene rings is 1. The van der Waals surface area contributed by atoms with Crippen LogP contribution in [0.15, 0.2) is 15.9 Å². The number of rotatable bonds is 4. The van der Waals surface area contributed by atoms with Crippen LogP contribution in [0.3, 0.4) is 0 Å². The van der Waals surface area contributed by atoms with E-state index in [1.54, 1.807) is 11.3 Å². The molecule has 2 unspecified atom stereocenters. The Morgan fingerprint density at radius 1 is 1.75 bits per heavy atom. The van der Waals surface area contributed by atoms with Crippen LogP contribution >= 0.6 is 27.3 Å². The summed E-state index contributed by atoms with van der Waals surface area (Å²) in [5.74, 6) is 0. The smallest absolute Gasteiger partial charge is 0.0620 e. The van der Waals surface area contributed by atoms with E-state index < -0.39 is 0 Å². The molecular formula is C11H17BrN2OS. The van der Waals surface area contributed by atoms with Crippen LogP contribution in [0.25, 0.3) is 0 Å². The normalized spacial score (nSPS) is 23.2. The van der Waals surface area contributed by atoms with Crippen molar-refractivity contribution < 1.29 is 4.74 Å². The summed E-state index contributed by atoms with van der Waals surface area (Å²) in [5.41, 5.74) is 0. The molecule has 16 heavy (non-hydrogen) atoms. The van der Waals surface area contributed by atoms with Gasteiger partial charge in [-0.2, -0.15) is 0 Å². The molecule has 90 valence electrons. The molecule has 5 heteroatoms. The Kier molecular flexibility index (Phi) is 4.79. The number of halogens is 1. The second-order valence-corrected chi connectivity index (χ2v) is 5.83. The Morgan fingerprint density at radius 3 is 3.19 bits per heavy atom. The van der Waals surface area contributed by atoms with E-state index in [1.165, 1.54) is 9.35 Å². The van der Waals surface area contributed by atoms with Crippen molar-refractivity contribution in [3.8, 4) is 0 Å². The molecule has 2 N–H and O–H groups in total. The quantitative estimate of drug-likeness (QED) is 0.894. The Hall–Kier alpha value is 0.0600. The predicted octanol–water partition coefficient (Wildman–Crippen LogP) is 2.15. The fourth-order valence-electron chi connectivity index (χ4n) is 1.94. The van der Waals surface area contributed by atoms with E-state index in [0.717, 1.165) is 26.2 Å². The third-order valence-electron chi connectivity index (χ3n) is 2.80. The molecule has 1 fully saturated rings. The topological polar surface area (TPSA) is 33.3 Å². The second kappa shape index (κ2) is 6.12. The second-order valence-electron chi connectivity index (χ2n) is 3.97. The maximum absolute atomic E-state index is 5.47. The monoisotopic (exact) mass is 304 g/mol. The number of nitrogens with one attached hydrogen (secondary N) is 2. The van der Waals surface area contributed by atoms with E-state index >= 15 is 0 Å². The minimum atomic E-state index is 0.412. The molecule has 1 aromatic heterocycles. The molecule has 3 nitrogen and oxygen atoms in total. The first-order chi connectivity index (χ1) is 7.79. The highest BCUT2D eigenvalue weighted by Crippen LogP contribution is 2.28. The lowest BCUT2D eigenvalue weighted by atomic mass is 10.1. The largest absolute Gasteiger partial charge is 0.379 e. The van der Waals surface area contributed by atoms with Crippen LogP contribution in [-0.4, -0.2) is 32.8 Å². The first kappa shape index (κ1) is 12.5. The zero-order chi connectivity index (χ0) is 11.4. The first-order valence-electron chi connectivity index (χ1n) is 5.52. The van der Waals surface area contributed by atoms with Gasteiger partial charge in [0.1, 0.15) is 0 Å². The summed E-state index contributed by atoms with van der Waals surface area (Å²) in [6.07, 6.45) is 1.07. The zero-order valence-corrected chi connectivity index (χ0v) is 11.7. The minimum absolute atomic E-state index is 0.412. The minimum Gasteiger partial charge on any atom is -0.379 e. The van der Waals surface area contributed by atoms with Crippen LogP contribution in [0, 0.1) is 0 Å². The molecule has 0 bridgehead atoms. The van der Waals surface area contributed by atoms with Gasteiger partial charge in [0.2, 0.25) is 0 Å². The van der Waals surface area contributed by atoms with E-state index in [0.29, 0.717) is 12.1 Å². The Labute approximate surface area is 109 Å². The number of morpholine rings is 1. The lowest BCUT2D eigenvalue weighted by molar-refractivity contribution is 0.0710. The maximum atomic E-state index is 5.47. The molecule has 0 spiro atoms. The zero-order valence-electron chi connectivity index (χ0n) is 9.33. The first-order valence-corrected chi connectivity index (χ1v) is 7.19. The lowest BCUT2D eigenvalue weighted by Gasteiger charge is -2.27. The Bertz CT molecular complexity index is 326. The van der Waals surface area contributed by atoms with E-state index in [-0.39, 0.29) is 0 Å². The summed E-state index contributed by atoms with van der Waals surface area (Å²) < 4.78 is 6.64. The van der Waals surface area contributed by atoms with Crippen molar-refractivity contribution in [2.75, 3.05) is 26.8 Å². The van der Waals surface area contributed by atoms with Gasteiger partial charge in [0, 0.05) is 33.4 Å². The molecule has 1 saturated heterocycles. The molecule has 2 heterocycles. The van der Waals surface area contributed by atoms with Crippen molar-refractivity contribution in [3.63, 3.8) is 0 Å². The van der Waals surface area contributed by atoms with Crippen molar-refractivity contribution in [1.29, 1.82) is 0 Å². The fourth-order valence-corrected chi connectivity index (χ4v) is 3.51. The van der Waals surface area contributed by atoms with Crippen molar-refractivity contribution in [1.82, 2.24) is 10.6 Å². The van der Waals surface area contributed by atoms with Gasteiger partial charge < -0.3 is 15.4 Å². The van der Waals surface area contributed by atoms with Gasteiger partial charge in [-0.25, -0.2) is 0 Å². The van der Waals surface area contributed by atoms with Crippen LogP contribution < -0.4 is 10.6 Å². The van der Waals surface area contributed by atoms with Gasteiger partial charge in [-0.15, -0.1) is 11.3 Å². The van der Waals surface area contributed by atoms with Crippen molar-refractivity contribution in [3.05, 3.63) is 20.8 Å². The molecule has 0 aromatic carbocycles. The Balaban J connectivity index is 1.94. The molecule has 0 saturated carbocycles. The van der Waals surface area contributed by atoms with Gasteiger partial charge in [-0.3, -0.25) is 0 Å². The highest BCUT2D eigenvalue weighted by Gasteiger charge is 2.20. The molecule has 1 aromatic rings. The number of hydrogen-bond donors (Lipinski definition) is 2. The molecule has 0 amide bonds. The molecule has 2 atom stereocenters. The highest BCUT2D eigenvalue weighted by atomic mass is 79.9. The van der Waals surface area contributed by atoms with Crippen LogP contribution in [0.4, 0.5) is 0 Å². The summed E-state index contributed by atoms with van der Waals surface area (Å²) in [4.78, 5) is 1.38. The fraction of sp³-hybridized carbons (Fsp3) is 0.636. The van der Waals surface area contributed by atoms with Gasteiger partial charge >= 0.3 is 0 Å². The maximum Gasteiger partial charge on any atom is 0.0620 e. The van der Waals surface area contributed by atoms with Crippen LogP contribution in [0.2, 0.25) is 0 Å². The summed E-state index contributed by atoms with van der Waals surface area (Å²) in [7, 11) is 2.02. The highest BCUT2D eigenvalue weighted by molar-refractivity contribution is 9.10. The Morgan fingerprint density at radius 2 is 2.62 bits per heavy atom. The van der Waals surface area contributed by atoms with Gasteiger partial charge in [0.05, 0.1) is 13.2 Å². The van der Waals surface area contributed by atoms with Crippen LogP contribution in [0.1, 0.15) is 17.3 Å². The standard InChI is InChI=1S/C11H17BrN2OS/c1-13-10(11-4-8(12)7-16-11)5-9-6-15-3-2-14-9/h4,7,9-10,13-14H,2-3,5-6H2,1H3. The molecule has 2 rings (SSSR count). The molecule has 1 aliphatic heterocycles. The third-order valence-corrected chi connectivity index (χ3v) is 4.61. The summed E-state index contributed by atoms with van der Waals surface area (Å²) >= 11 is 5.29. The third kappa shape index (κ3) is 3.28. The lowest BCUT2D eigenvalue weighted by Crippen LogP contribution is -2.43. The van der Waals surface area contributed by atoms with Crippen molar-refractivity contribution in [2.24, 2.45) is 0 Å². The van der Waals surface area contributed by atoms with E-state index in [9.17, 15) is 0 Å². The van der Waals surface area contributed by atoms with E-state index in [4.69, 9.17) is 4.74 Å². The van der Waals surface area contributed by atoms with E-state index in [2.05, 4.69) is 38.0 Å². The predicted molar refractivity (Wildman–Crippen MR) is 71.0 cm³/mol. The number of hydrogen-bond acceptors (Lipinski definition) is 4. The van der Waals surface area contributed by atoms with Crippen LogP contribution in [0.5, 0.6) is 0 Å². The molecule has 0 radical (unpaired) electrons. The average Bonchev–Trinajstić information content (AvgIpc) is 2.74. The SMILES string of the molecule is CNC(CC1COCCN1)c1cc(Br)cs1. The van der Waals surface area contributed by atoms with Gasteiger partial charge in [-0.05, 0) is 35.5 Å². The van der Waals surface area contributed by atoms with Gasteiger partial charge in [-0.1, -0.05) is 0 Å². The molecule has 0 aliphatic carbocycles. The van der Waals surface area contributed by atoms with E-state index in [1.807, 2.05) is 7.05 Å². The van der Waals surface area contributed by atoms with Crippen LogP contribution in [-0.2, 0) is 4.74 Å². The molecule has 1 aliphatic rings. The number of ether oxygens (including phenoxy) is 1. The average molecular weight is 305 g/mol. The molecular weight excluding hydrogens is 288 g/mol.